The number of rotatable bonds is 5. The average molecular weight is 424 g/mol. The molecule has 0 N–H and O–H groups in total. The van der Waals surface area contributed by atoms with Crippen LogP contribution in [-0.4, -0.2) is 48.1 Å². The summed E-state index contributed by atoms with van der Waals surface area (Å²) in [4.78, 5) is 12.6. The van der Waals surface area contributed by atoms with Crippen molar-refractivity contribution in [2.45, 2.75) is 38.5 Å². The smallest absolute Gasteiger partial charge is 0.338 e. The lowest BCUT2D eigenvalue weighted by molar-refractivity contribution is -0.00677. The summed E-state index contributed by atoms with van der Waals surface area (Å²) in [5.41, 5.74) is 3.35. The molecule has 0 spiro atoms. The number of benzene rings is 2. The molecule has 0 unspecified atom stereocenters. The second-order valence-corrected chi connectivity index (χ2v) is 7.70. The summed E-state index contributed by atoms with van der Waals surface area (Å²) in [6.45, 7) is 4.98. The number of nitrogens with zero attached hydrogens (tertiary/aromatic N) is 3. The molecule has 0 bridgehead atoms. The molecule has 1 fully saturated rings. The van der Waals surface area contributed by atoms with E-state index in [-0.39, 0.29) is 24.2 Å². The summed E-state index contributed by atoms with van der Waals surface area (Å²) in [7, 11) is 0. The Kier molecular flexibility index (Phi) is 5.76. The lowest BCUT2D eigenvalue weighted by Crippen LogP contribution is -2.44. The van der Waals surface area contributed by atoms with Crippen molar-refractivity contribution in [3.05, 3.63) is 69.7 Å². The van der Waals surface area contributed by atoms with Gasteiger partial charge in [-0.1, -0.05) is 35.9 Å². The summed E-state index contributed by atoms with van der Waals surface area (Å²) in [5.74, 6) is -0.344. The van der Waals surface area contributed by atoms with Gasteiger partial charge in [-0.3, -0.25) is 5.01 Å². The van der Waals surface area contributed by atoms with Crippen molar-refractivity contribution in [2.75, 3.05) is 13.2 Å². The van der Waals surface area contributed by atoms with Gasteiger partial charge in [-0.2, -0.15) is 10.4 Å². The summed E-state index contributed by atoms with van der Waals surface area (Å²) >= 11 is 6.39. The van der Waals surface area contributed by atoms with E-state index in [9.17, 15) is 10.1 Å². The third-order valence-electron chi connectivity index (χ3n) is 5.58. The molecular formula is C23H22ClN3O3. The molecule has 30 heavy (non-hydrogen) atoms. The number of halogens is 1. The normalized spacial score (nSPS) is 22.4. The molecule has 2 aliphatic heterocycles. The van der Waals surface area contributed by atoms with Gasteiger partial charge < -0.3 is 9.47 Å². The number of nitriles is 1. The van der Waals surface area contributed by atoms with Gasteiger partial charge in [-0.25, -0.2) is 4.79 Å². The van der Waals surface area contributed by atoms with Crippen molar-refractivity contribution < 1.29 is 14.3 Å². The third-order valence-corrected chi connectivity index (χ3v) is 6.07. The number of esters is 1. The minimum absolute atomic E-state index is 0.193. The Morgan fingerprint density at radius 3 is 2.77 bits per heavy atom. The van der Waals surface area contributed by atoms with Crippen molar-refractivity contribution in [2.24, 2.45) is 5.10 Å². The SMILES string of the molecule is CCO[C@@H]1C(c2ccc(C#N)c(Cl)c2C)=NN2CC[C@@H](OC(=O)c3ccccc3)[C@@H]12. The number of fused-ring (bicyclic) bond motifs is 1. The Morgan fingerprint density at radius 2 is 2.07 bits per heavy atom. The van der Waals surface area contributed by atoms with E-state index in [2.05, 4.69) is 6.07 Å². The largest absolute Gasteiger partial charge is 0.456 e. The molecular weight excluding hydrogens is 402 g/mol. The van der Waals surface area contributed by atoms with Crippen LogP contribution in [0.15, 0.2) is 47.6 Å². The first-order chi connectivity index (χ1) is 14.5. The highest BCUT2D eigenvalue weighted by molar-refractivity contribution is 6.33. The van der Waals surface area contributed by atoms with Crippen LogP contribution in [0.4, 0.5) is 0 Å². The molecule has 0 aliphatic carbocycles. The maximum atomic E-state index is 12.6. The summed E-state index contributed by atoms with van der Waals surface area (Å²) in [6.07, 6.45) is 0.00918. The Hall–Kier alpha value is -2.88. The van der Waals surface area contributed by atoms with E-state index in [0.717, 1.165) is 16.8 Å². The molecule has 2 heterocycles. The Balaban J connectivity index is 1.62. The fraction of sp³-hybridized carbons (Fsp3) is 0.348. The van der Waals surface area contributed by atoms with E-state index in [1.807, 2.05) is 43.1 Å². The Morgan fingerprint density at radius 1 is 1.30 bits per heavy atom. The Labute approximate surface area is 180 Å². The van der Waals surface area contributed by atoms with Crippen molar-refractivity contribution in [3.8, 4) is 6.07 Å². The fourth-order valence-electron chi connectivity index (χ4n) is 4.12. The lowest BCUT2D eigenvalue weighted by atomic mass is 9.94. The highest BCUT2D eigenvalue weighted by Crippen LogP contribution is 2.35. The van der Waals surface area contributed by atoms with Crippen LogP contribution in [0.5, 0.6) is 0 Å². The first kappa shape index (κ1) is 20.4. The zero-order chi connectivity index (χ0) is 21.3. The molecule has 3 atom stereocenters. The molecule has 6 nitrogen and oxygen atoms in total. The van der Waals surface area contributed by atoms with Crippen LogP contribution in [0.1, 0.15) is 40.4 Å². The minimum atomic E-state index is -0.353. The number of carbonyl (C=O) groups is 1. The van der Waals surface area contributed by atoms with Crippen LogP contribution in [-0.2, 0) is 9.47 Å². The van der Waals surface area contributed by atoms with Crippen LogP contribution in [0, 0.1) is 18.3 Å². The number of ether oxygens (including phenoxy) is 2. The highest BCUT2D eigenvalue weighted by atomic mass is 35.5. The van der Waals surface area contributed by atoms with E-state index in [0.29, 0.717) is 35.7 Å². The number of hydrogen-bond acceptors (Lipinski definition) is 6. The summed E-state index contributed by atoms with van der Waals surface area (Å²) < 4.78 is 11.9. The minimum Gasteiger partial charge on any atom is -0.456 e. The lowest BCUT2D eigenvalue weighted by Gasteiger charge is -2.26. The van der Waals surface area contributed by atoms with Crippen molar-refractivity contribution in [1.82, 2.24) is 5.01 Å². The van der Waals surface area contributed by atoms with E-state index in [4.69, 9.17) is 26.2 Å². The molecule has 1 saturated heterocycles. The molecule has 7 heteroatoms. The van der Waals surface area contributed by atoms with Crippen LogP contribution in [0.25, 0.3) is 0 Å². The van der Waals surface area contributed by atoms with Gasteiger partial charge in [0, 0.05) is 25.1 Å². The first-order valence-corrected chi connectivity index (χ1v) is 10.3. The second-order valence-electron chi connectivity index (χ2n) is 7.32. The van der Waals surface area contributed by atoms with Gasteiger partial charge in [0.15, 0.2) is 0 Å². The monoisotopic (exact) mass is 423 g/mol. The number of carbonyl (C=O) groups excluding carboxylic acids is 1. The molecule has 2 aromatic carbocycles. The summed E-state index contributed by atoms with van der Waals surface area (Å²) in [6, 6.07) is 14.4. The number of hydrazone groups is 1. The molecule has 0 aromatic heterocycles. The van der Waals surface area contributed by atoms with Gasteiger partial charge in [-0.05, 0) is 37.6 Å². The third kappa shape index (κ3) is 3.55. The summed E-state index contributed by atoms with van der Waals surface area (Å²) in [5, 5.41) is 16.4. The van der Waals surface area contributed by atoms with Gasteiger partial charge in [0.2, 0.25) is 0 Å². The molecule has 4 rings (SSSR count). The van der Waals surface area contributed by atoms with Crippen molar-refractivity contribution in [3.63, 3.8) is 0 Å². The molecule has 0 amide bonds. The second kappa shape index (κ2) is 8.47. The average Bonchev–Trinajstić information content (AvgIpc) is 3.31. The van der Waals surface area contributed by atoms with Gasteiger partial charge in [0.1, 0.15) is 24.3 Å². The fourth-order valence-corrected chi connectivity index (χ4v) is 4.32. The van der Waals surface area contributed by atoms with E-state index in [1.54, 1.807) is 18.2 Å². The zero-order valence-electron chi connectivity index (χ0n) is 16.8. The molecule has 2 aliphatic rings. The van der Waals surface area contributed by atoms with Gasteiger partial charge in [-0.15, -0.1) is 0 Å². The Bertz CT molecular complexity index is 1030. The van der Waals surface area contributed by atoms with Gasteiger partial charge in [0.25, 0.3) is 0 Å². The van der Waals surface area contributed by atoms with E-state index in [1.165, 1.54) is 0 Å². The maximum Gasteiger partial charge on any atom is 0.338 e. The van der Waals surface area contributed by atoms with E-state index >= 15 is 0 Å². The van der Waals surface area contributed by atoms with E-state index < -0.39 is 0 Å². The van der Waals surface area contributed by atoms with Crippen molar-refractivity contribution >= 4 is 23.3 Å². The molecule has 154 valence electrons. The first-order valence-electron chi connectivity index (χ1n) is 9.97. The van der Waals surface area contributed by atoms with Crippen LogP contribution in [0.2, 0.25) is 5.02 Å². The predicted molar refractivity (Wildman–Crippen MR) is 114 cm³/mol. The molecule has 2 aromatic rings. The topological polar surface area (TPSA) is 74.9 Å². The number of hydrogen-bond donors (Lipinski definition) is 0. The molecule has 0 saturated carbocycles. The highest BCUT2D eigenvalue weighted by Gasteiger charge is 2.49. The predicted octanol–water partition coefficient (Wildman–Crippen LogP) is 3.94. The van der Waals surface area contributed by atoms with Crippen molar-refractivity contribution in [1.29, 1.82) is 5.26 Å². The van der Waals surface area contributed by atoms with Gasteiger partial charge >= 0.3 is 5.97 Å². The quantitative estimate of drug-likeness (QED) is 0.681. The van der Waals surface area contributed by atoms with Gasteiger partial charge in [0.05, 0.1) is 21.9 Å². The maximum absolute atomic E-state index is 12.6. The molecule has 0 radical (unpaired) electrons. The van der Waals surface area contributed by atoms with Crippen LogP contribution < -0.4 is 0 Å². The van der Waals surface area contributed by atoms with Crippen LogP contribution >= 0.6 is 11.6 Å². The standard InChI is InChI=1S/C23H22ClN3O3/c1-3-29-22-20(17-10-9-16(13-25)19(24)14(17)2)26-27-12-11-18(21(22)27)30-23(28)15-7-5-4-6-8-15/h4-10,18,21-22H,3,11-12H2,1-2H3/t18-,21+,22-/m1/s1. The van der Waals surface area contributed by atoms with Crippen LogP contribution in [0.3, 0.4) is 0 Å². The zero-order valence-corrected chi connectivity index (χ0v) is 17.6.